The van der Waals surface area contributed by atoms with Crippen LogP contribution < -0.4 is 0 Å². The van der Waals surface area contributed by atoms with Gasteiger partial charge in [-0.1, -0.05) is 281 Å². The van der Waals surface area contributed by atoms with Crippen LogP contribution in [-0.4, -0.2) is 37.2 Å². The van der Waals surface area contributed by atoms with E-state index in [9.17, 15) is 14.4 Å². The summed E-state index contributed by atoms with van der Waals surface area (Å²) in [5.74, 6) is -0.964. The fourth-order valence-corrected chi connectivity index (χ4v) is 8.78. The number of rotatable bonds is 59. The van der Waals surface area contributed by atoms with Crippen LogP contribution in [0.3, 0.4) is 0 Å². The molecule has 0 spiro atoms. The largest absolute Gasteiger partial charge is 0.462 e. The van der Waals surface area contributed by atoms with Crippen LogP contribution in [0.1, 0.15) is 278 Å². The number of unbranched alkanes of at least 4 members (excludes halogenated alkanes) is 20. The predicted octanol–water partition coefficient (Wildman–Crippen LogP) is 23.4. The first-order valence-electron chi connectivity index (χ1n) is 33.6. The van der Waals surface area contributed by atoms with E-state index in [0.29, 0.717) is 12.8 Å². The Morgan fingerprint density at radius 1 is 0.241 bits per heavy atom. The monoisotopic (exact) mass is 1140 g/mol. The van der Waals surface area contributed by atoms with E-state index in [0.717, 1.165) is 167 Å². The fraction of sp³-hybridized carbons (Fsp3) is 0.597. The average molecular weight is 1140 g/mol. The maximum absolute atomic E-state index is 12.9. The van der Waals surface area contributed by atoms with Crippen LogP contribution in [0.15, 0.2) is 170 Å². The second-order valence-electron chi connectivity index (χ2n) is 21.6. The van der Waals surface area contributed by atoms with Gasteiger partial charge in [-0.05, 0) is 148 Å². The standard InChI is InChI=1S/C77H122O6/c1-4-7-10-13-16-19-22-25-27-29-31-33-35-36-37-38-39-40-42-43-45-47-49-52-55-58-61-64-67-70-76(79)82-73-74(72-81-75(78)69-66-63-60-57-54-51-24-21-18-15-12-9-6-3)83-77(80)71-68-65-62-59-56-53-50-48-46-44-41-34-32-30-28-26-23-20-17-14-11-8-5-2/h7-12,16-21,25-28,31-34,36-37,44,46,50-51,53-54,74H,4-6,13-15,22-24,29-30,35,38-43,45,47-49,52,55-73H2,1-3H3/b10-7-,11-8-,12-9-,19-16-,20-17-,21-18-,27-25-,28-26-,33-31-,34-32-,37-36-,46-44-,53-50-,54-51-. The number of allylic oxidation sites excluding steroid dienone is 28. The molecule has 0 rings (SSSR count). The van der Waals surface area contributed by atoms with Crippen LogP contribution in [0.5, 0.6) is 0 Å². The van der Waals surface area contributed by atoms with Crippen LogP contribution in [0, 0.1) is 0 Å². The molecule has 0 aliphatic heterocycles. The van der Waals surface area contributed by atoms with Crippen LogP contribution in [0.4, 0.5) is 0 Å². The van der Waals surface area contributed by atoms with Crippen LogP contribution in [0.25, 0.3) is 0 Å². The van der Waals surface area contributed by atoms with Gasteiger partial charge in [0, 0.05) is 19.3 Å². The summed E-state index contributed by atoms with van der Waals surface area (Å²) in [6.07, 6.45) is 102. The molecule has 0 aliphatic rings. The van der Waals surface area contributed by atoms with E-state index in [2.05, 4.69) is 191 Å². The zero-order chi connectivity index (χ0) is 59.9. The molecule has 0 fully saturated rings. The fourth-order valence-electron chi connectivity index (χ4n) is 8.78. The number of carbonyl (C=O) groups excluding carboxylic acids is 3. The van der Waals surface area contributed by atoms with Crippen molar-refractivity contribution in [2.45, 2.75) is 284 Å². The molecule has 83 heavy (non-hydrogen) atoms. The minimum atomic E-state index is -0.814. The van der Waals surface area contributed by atoms with E-state index < -0.39 is 6.10 Å². The lowest BCUT2D eigenvalue weighted by molar-refractivity contribution is -0.167. The van der Waals surface area contributed by atoms with E-state index in [1.54, 1.807) is 0 Å². The van der Waals surface area contributed by atoms with E-state index in [-0.39, 0.29) is 37.5 Å². The first-order valence-corrected chi connectivity index (χ1v) is 33.6. The summed E-state index contributed by atoms with van der Waals surface area (Å²) in [6.45, 7) is 6.25. The molecule has 1 atom stereocenters. The van der Waals surface area contributed by atoms with Gasteiger partial charge in [0.25, 0.3) is 0 Å². The average Bonchev–Trinajstić information content (AvgIpc) is 3.49. The Balaban J connectivity index is 4.38. The first kappa shape index (κ1) is 77.8. The normalized spacial score (nSPS) is 13.2. The Morgan fingerprint density at radius 2 is 0.434 bits per heavy atom. The lowest BCUT2D eigenvalue weighted by Crippen LogP contribution is -2.30. The van der Waals surface area contributed by atoms with Crippen molar-refractivity contribution in [3.8, 4) is 0 Å². The van der Waals surface area contributed by atoms with Gasteiger partial charge < -0.3 is 14.2 Å². The Morgan fingerprint density at radius 3 is 0.687 bits per heavy atom. The number of hydrogen-bond donors (Lipinski definition) is 0. The quantitative estimate of drug-likeness (QED) is 0.0261. The van der Waals surface area contributed by atoms with Gasteiger partial charge in [-0.15, -0.1) is 0 Å². The van der Waals surface area contributed by atoms with E-state index in [4.69, 9.17) is 14.2 Å². The van der Waals surface area contributed by atoms with Crippen molar-refractivity contribution in [2.24, 2.45) is 0 Å². The van der Waals surface area contributed by atoms with Crippen LogP contribution >= 0.6 is 0 Å². The highest BCUT2D eigenvalue weighted by Gasteiger charge is 2.19. The third kappa shape index (κ3) is 67.4. The zero-order valence-electron chi connectivity index (χ0n) is 53.4. The number of esters is 3. The van der Waals surface area contributed by atoms with Gasteiger partial charge in [0.15, 0.2) is 6.10 Å². The van der Waals surface area contributed by atoms with Gasteiger partial charge >= 0.3 is 17.9 Å². The van der Waals surface area contributed by atoms with Crippen molar-refractivity contribution < 1.29 is 28.6 Å². The summed E-state index contributed by atoms with van der Waals surface area (Å²) < 4.78 is 16.9. The minimum absolute atomic E-state index is 0.105. The molecule has 6 heteroatoms. The smallest absolute Gasteiger partial charge is 0.306 e. The SMILES string of the molecule is CC/C=C\C/C=C\C/C=C\C/C=C\C/C=C\C/C=C\CCCCCCC(=O)OC(COC(=O)CCCCC/C=C\C/C=C\C/C=C\CC)COC(=O)CCCCCCCCCCCCCCC/C=C\C/C=C\C/C=C\C/C=C\C/C=C\CC. The van der Waals surface area contributed by atoms with Crippen molar-refractivity contribution >= 4 is 17.9 Å². The minimum Gasteiger partial charge on any atom is -0.462 e. The molecule has 0 aromatic carbocycles. The molecule has 0 amide bonds. The molecule has 6 nitrogen and oxygen atoms in total. The number of ether oxygens (including phenoxy) is 3. The highest BCUT2D eigenvalue weighted by Crippen LogP contribution is 2.15. The van der Waals surface area contributed by atoms with Gasteiger partial charge in [-0.3, -0.25) is 14.4 Å². The van der Waals surface area contributed by atoms with Crippen molar-refractivity contribution in [1.82, 2.24) is 0 Å². The molecule has 0 saturated heterocycles. The molecule has 1 unspecified atom stereocenters. The van der Waals surface area contributed by atoms with Gasteiger partial charge in [0.05, 0.1) is 0 Å². The summed E-state index contributed by atoms with van der Waals surface area (Å²) >= 11 is 0. The van der Waals surface area contributed by atoms with Gasteiger partial charge in [0.1, 0.15) is 13.2 Å². The van der Waals surface area contributed by atoms with E-state index in [1.165, 1.54) is 70.6 Å². The number of hydrogen-bond acceptors (Lipinski definition) is 6. The maximum atomic E-state index is 12.9. The zero-order valence-corrected chi connectivity index (χ0v) is 53.4. The van der Waals surface area contributed by atoms with Crippen LogP contribution in [-0.2, 0) is 28.6 Å². The molecule has 0 aromatic rings. The van der Waals surface area contributed by atoms with Gasteiger partial charge in [-0.25, -0.2) is 0 Å². The van der Waals surface area contributed by atoms with Gasteiger partial charge in [0.2, 0.25) is 0 Å². The summed E-state index contributed by atoms with van der Waals surface area (Å²) in [6, 6.07) is 0. The molecule has 0 bridgehead atoms. The topological polar surface area (TPSA) is 78.9 Å². The lowest BCUT2D eigenvalue weighted by atomic mass is 10.0. The predicted molar refractivity (Wildman–Crippen MR) is 361 cm³/mol. The maximum Gasteiger partial charge on any atom is 0.306 e. The molecule has 466 valence electrons. The highest BCUT2D eigenvalue weighted by molar-refractivity contribution is 5.71. The first-order chi connectivity index (χ1) is 41.0. The summed E-state index contributed by atoms with van der Waals surface area (Å²) in [4.78, 5) is 38.4. The Bertz CT molecular complexity index is 1890. The van der Waals surface area contributed by atoms with Crippen LogP contribution in [0.2, 0.25) is 0 Å². The van der Waals surface area contributed by atoms with Crippen molar-refractivity contribution in [3.63, 3.8) is 0 Å². The van der Waals surface area contributed by atoms with Crippen molar-refractivity contribution in [3.05, 3.63) is 170 Å². The Kier molecular flexibility index (Phi) is 64.9. The van der Waals surface area contributed by atoms with E-state index in [1.807, 2.05) is 0 Å². The summed E-state index contributed by atoms with van der Waals surface area (Å²) in [5.41, 5.74) is 0. The molecule has 0 aromatic heterocycles. The molecular formula is C77H122O6. The lowest BCUT2D eigenvalue weighted by Gasteiger charge is -2.18. The second-order valence-corrected chi connectivity index (χ2v) is 21.6. The summed E-state index contributed by atoms with van der Waals surface area (Å²) in [7, 11) is 0. The summed E-state index contributed by atoms with van der Waals surface area (Å²) in [5, 5.41) is 0. The molecule has 0 heterocycles. The Labute approximate surface area is 511 Å². The molecule has 0 N–H and O–H groups in total. The van der Waals surface area contributed by atoms with Gasteiger partial charge in [-0.2, -0.15) is 0 Å². The third-order valence-electron chi connectivity index (χ3n) is 13.7. The highest BCUT2D eigenvalue weighted by atomic mass is 16.6. The molecule has 0 radical (unpaired) electrons. The number of carbonyl (C=O) groups is 3. The van der Waals surface area contributed by atoms with Crippen molar-refractivity contribution in [1.29, 1.82) is 0 Å². The van der Waals surface area contributed by atoms with Crippen molar-refractivity contribution in [2.75, 3.05) is 13.2 Å². The molecule has 0 saturated carbocycles. The molecule has 0 aliphatic carbocycles. The second kappa shape index (κ2) is 69.3. The third-order valence-corrected chi connectivity index (χ3v) is 13.7. The Hall–Kier alpha value is -5.23. The molecular weight excluding hydrogens is 1020 g/mol. The van der Waals surface area contributed by atoms with E-state index >= 15 is 0 Å².